The predicted molar refractivity (Wildman–Crippen MR) is 98.8 cm³/mol. The van der Waals surface area contributed by atoms with E-state index in [1.54, 1.807) is 6.08 Å². The first-order valence-electron chi connectivity index (χ1n) is 7.43. The second kappa shape index (κ2) is 8.67. The van der Waals surface area contributed by atoms with Gasteiger partial charge in [-0.25, -0.2) is 4.79 Å². The van der Waals surface area contributed by atoms with Crippen molar-refractivity contribution in [2.45, 2.75) is 26.3 Å². The zero-order valence-electron chi connectivity index (χ0n) is 14.0. The molecule has 0 aromatic heterocycles. The van der Waals surface area contributed by atoms with E-state index in [2.05, 4.69) is 18.2 Å². The van der Waals surface area contributed by atoms with Crippen LogP contribution in [0.5, 0.6) is 0 Å². The van der Waals surface area contributed by atoms with E-state index in [1.807, 2.05) is 81.4 Å². The van der Waals surface area contributed by atoms with Gasteiger partial charge in [0.25, 0.3) is 0 Å². The lowest BCUT2D eigenvalue weighted by Crippen LogP contribution is -2.13. The fourth-order valence-corrected chi connectivity index (χ4v) is 1.93. The highest BCUT2D eigenvalue weighted by molar-refractivity contribution is 5.62. The molecule has 0 unspecified atom stereocenters. The standard InChI is InChI=1S/C13H15NO.C8H8/c1-10(2)11-6-5-7-12(8-11)13(3,4)14-9-15;1-2-8-6-4-3-5-7-8/h5-8H,1H2,2-4H3;2-7H,1H2. The molecule has 0 atom stereocenters. The third-order valence-corrected chi connectivity index (χ3v) is 3.42. The maximum Gasteiger partial charge on any atom is 0.235 e. The SMILES string of the molecule is C=C(C)c1cccc(C(C)(C)N=C=O)c1.C=Cc1ccccc1. The number of hydrogen-bond acceptors (Lipinski definition) is 2. The Hall–Kier alpha value is -2.70. The van der Waals surface area contributed by atoms with Crippen molar-refractivity contribution >= 4 is 17.7 Å². The number of rotatable bonds is 4. The molecule has 0 amide bonds. The molecule has 2 nitrogen and oxygen atoms in total. The molecule has 0 aliphatic rings. The van der Waals surface area contributed by atoms with Crippen LogP contribution in [0.3, 0.4) is 0 Å². The van der Waals surface area contributed by atoms with Crippen LogP contribution in [-0.4, -0.2) is 6.08 Å². The molecule has 2 heteroatoms. The Morgan fingerprint density at radius 3 is 2.26 bits per heavy atom. The second-order valence-corrected chi connectivity index (χ2v) is 5.74. The Kier molecular flexibility index (Phi) is 6.92. The van der Waals surface area contributed by atoms with Crippen LogP contribution < -0.4 is 0 Å². The summed E-state index contributed by atoms with van der Waals surface area (Å²) in [4.78, 5) is 14.1. The van der Waals surface area contributed by atoms with Crippen molar-refractivity contribution in [3.8, 4) is 0 Å². The topological polar surface area (TPSA) is 29.4 Å². The van der Waals surface area contributed by atoms with Crippen LogP contribution >= 0.6 is 0 Å². The summed E-state index contributed by atoms with van der Waals surface area (Å²) in [7, 11) is 0. The summed E-state index contributed by atoms with van der Waals surface area (Å²) in [6.45, 7) is 13.2. The number of benzene rings is 2. The molecule has 0 spiro atoms. The first-order valence-corrected chi connectivity index (χ1v) is 7.43. The van der Waals surface area contributed by atoms with Crippen molar-refractivity contribution in [3.63, 3.8) is 0 Å². The highest BCUT2D eigenvalue weighted by Crippen LogP contribution is 2.26. The summed E-state index contributed by atoms with van der Waals surface area (Å²) in [6, 6.07) is 17.9. The van der Waals surface area contributed by atoms with Crippen molar-refractivity contribution < 1.29 is 4.79 Å². The van der Waals surface area contributed by atoms with E-state index in [0.29, 0.717) is 0 Å². The molecular weight excluding hydrogens is 282 g/mol. The van der Waals surface area contributed by atoms with Gasteiger partial charge in [-0.2, -0.15) is 4.99 Å². The molecule has 0 N–H and O–H groups in total. The van der Waals surface area contributed by atoms with Gasteiger partial charge in [-0.1, -0.05) is 73.3 Å². The minimum atomic E-state index is -0.521. The van der Waals surface area contributed by atoms with E-state index >= 15 is 0 Å². The molecule has 2 aromatic rings. The van der Waals surface area contributed by atoms with Gasteiger partial charge in [-0.3, -0.25) is 0 Å². The van der Waals surface area contributed by atoms with Crippen LogP contribution in [0.15, 0.2) is 72.7 Å². The summed E-state index contributed by atoms with van der Waals surface area (Å²) in [5.74, 6) is 0. The van der Waals surface area contributed by atoms with Gasteiger partial charge in [0.05, 0.1) is 5.54 Å². The third kappa shape index (κ3) is 5.90. The summed E-state index contributed by atoms with van der Waals surface area (Å²) >= 11 is 0. The van der Waals surface area contributed by atoms with Crippen LogP contribution in [0.2, 0.25) is 0 Å². The molecule has 23 heavy (non-hydrogen) atoms. The van der Waals surface area contributed by atoms with Crippen molar-refractivity contribution in [2.75, 3.05) is 0 Å². The number of isocyanates is 1. The van der Waals surface area contributed by atoms with E-state index in [0.717, 1.165) is 16.7 Å². The number of nitrogens with zero attached hydrogens (tertiary/aromatic N) is 1. The van der Waals surface area contributed by atoms with Crippen LogP contribution in [0, 0.1) is 0 Å². The van der Waals surface area contributed by atoms with Gasteiger partial charge < -0.3 is 0 Å². The molecule has 0 heterocycles. The van der Waals surface area contributed by atoms with Crippen molar-refractivity contribution in [1.29, 1.82) is 0 Å². The molecule has 2 rings (SSSR count). The molecule has 118 valence electrons. The lowest BCUT2D eigenvalue weighted by Gasteiger charge is -2.18. The third-order valence-electron chi connectivity index (χ3n) is 3.42. The molecule has 0 saturated carbocycles. The molecule has 0 aliphatic carbocycles. The second-order valence-electron chi connectivity index (χ2n) is 5.74. The van der Waals surface area contributed by atoms with Gasteiger partial charge in [0.15, 0.2) is 0 Å². The summed E-state index contributed by atoms with van der Waals surface area (Å²) < 4.78 is 0. The van der Waals surface area contributed by atoms with Crippen molar-refractivity contribution in [1.82, 2.24) is 0 Å². The predicted octanol–water partition coefficient (Wildman–Crippen LogP) is 5.62. The molecule has 0 radical (unpaired) electrons. The lowest BCUT2D eigenvalue weighted by molar-refractivity contribution is 0.523. The van der Waals surface area contributed by atoms with E-state index < -0.39 is 5.54 Å². The highest BCUT2D eigenvalue weighted by atomic mass is 16.1. The monoisotopic (exact) mass is 305 g/mol. The van der Waals surface area contributed by atoms with E-state index in [-0.39, 0.29) is 0 Å². The van der Waals surface area contributed by atoms with Gasteiger partial charge in [0.1, 0.15) is 0 Å². The quantitative estimate of drug-likeness (QED) is 0.532. The zero-order valence-corrected chi connectivity index (χ0v) is 14.0. The summed E-state index contributed by atoms with van der Waals surface area (Å²) in [5.41, 5.74) is 3.72. The van der Waals surface area contributed by atoms with Gasteiger partial charge in [0.2, 0.25) is 6.08 Å². The summed E-state index contributed by atoms with van der Waals surface area (Å²) in [5, 5.41) is 0. The average molecular weight is 305 g/mol. The number of hydrogen-bond donors (Lipinski definition) is 0. The molecule has 0 bridgehead atoms. The van der Waals surface area contributed by atoms with Crippen LogP contribution in [0.4, 0.5) is 0 Å². The van der Waals surface area contributed by atoms with Gasteiger partial charge >= 0.3 is 0 Å². The van der Waals surface area contributed by atoms with E-state index in [1.165, 1.54) is 5.56 Å². The van der Waals surface area contributed by atoms with Crippen molar-refractivity contribution in [3.05, 3.63) is 84.4 Å². The Morgan fingerprint density at radius 1 is 1.13 bits per heavy atom. The minimum Gasteiger partial charge on any atom is -0.211 e. The fraction of sp³-hybridized carbons (Fsp3) is 0.190. The molecule has 0 fully saturated rings. The number of allylic oxidation sites excluding steroid dienone is 1. The van der Waals surface area contributed by atoms with Crippen LogP contribution in [0.25, 0.3) is 11.6 Å². The highest BCUT2D eigenvalue weighted by Gasteiger charge is 2.19. The lowest BCUT2D eigenvalue weighted by atomic mass is 9.92. The maximum atomic E-state index is 10.3. The molecular formula is C21H23NO. The fourth-order valence-electron chi connectivity index (χ4n) is 1.93. The first kappa shape index (κ1) is 18.3. The van der Waals surface area contributed by atoms with Gasteiger partial charge in [-0.15, -0.1) is 0 Å². The molecule has 0 aliphatic heterocycles. The van der Waals surface area contributed by atoms with Crippen LogP contribution in [-0.2, 0) is 10.3 Å². The van der Waals surface area contributed by atoms with Gasteiger partial charge in [0, 0.05) is 0 Å². The summed E-state index contributed by atoms with van der Waals surface area (Å²) in [6.07, 6.45) is 3.44. The largest absolute Gasteiger partial charge is 0.235 e. The maximum absolute atomic E-state index is 10.3. The first-order chi connectivity index (χ1) is 10.9. The Morgan fingerprint density at radius 2 is 1.78 bits per heavy atom. The van der Waals surface area contributed by atoms with E-state index in [4.69, 9.17) is 0 Å². The smallest absolute Gasteiger partial charge is 0.211 e. The Balaban J connectivity index is 0.000000277. The Labute approximate surface area is 138 Å². The van der Waals surface area contributed by atoms with Crippen molar-refractivity contribution in [2.24, 2.45) is 4.99 Å². The number of carbonyl (C=O) groups excluding carboxylic acids is 1. The minimum absolute atomic E-state index is 0.521. The zero-order chi connectivity index (χ0) is 17.3. The Bertz CT molecular complexity index is 708. The molecule has 0 saturated heterocycles. The van der Waals surface area contributed by atoms with Gasteiger partial charge in [-0.05, 0) is 43.5 Å². The number of aliphatic imine (C=N–C) groups is 1. The normalized spacial score (nSPS) is 9.87. The van der Waals surface area contributed by atoms with Crippen LogP contribution in [0.1, 0.15) is 37.5 Å². The van der Waals surface area contributed by atoms with E-state index in [9.17, 15) is 4.79 Å². The average Bonchev–Trinajstić information content (AvgIpc) is 2.56. The molecule has 2 aromatic carbocycles.